The second-order valence-corrected chi connectivity index (χ2v) is 7.50. The van der Waals surface area contributed by atoms with E-state index < -0.39 is 22.7 Å². The van der Waals surface area contributed by atoms with Gasteiger partial charge in [0, 0.05) is 23.8 Å². The summed E-state index contributed by atoms with van der Waals surface area (Å²) >= 11 is 0. The molecule has 1 aliphatic rings. The lowest BCUT2D eigenvalue weighted by Gasteiger charge is -2.22. The van der Waals surface area contributed by atoms with Crippen molar-refractivity contribution in [2.75, 3.05) is 12.0 Å². The topological polar surface area (TPSA) is 136 Å². The van der Waals surface area contributed by atoms with Crippen molar-refractivity contribution in [3.8, 4) is 5.75 Å². The zero-order valence-electron chi connectivity index (χ0n) is 17.9. The largest absolute Gasteiger partial charge is 0.507 e. The molecule has 1 N–H and O–H groups in total. The Morgan fingerprint density at radius 3 is 2.39 bits per heavy atom. The van der Waals surface area contributed by atoms with Crippen LogP contribution in [0.25, 0.3) is 5.76 Å². The summed E-state index contributed by atoms with van der Waals surface area (Å²) < 4.78 is 10.3. The number of carbonyl (C=O) groups is 2. The first kappa shape index (κ1) is 21.8. The highest BCUT2D eigenvalue weighted by Crippen LogP contribution is 2.42. The molecule has 168 valence electrons. The number of Topliss-reactive ketones (excluding diaryl/α,β-unsaturated/α-hetero) is 1. The van der Waals surface area contributed by atoms with Gasteiger partial charge in [-0.15, -0.1) is 0 Å². The molecule has 2 aromatic carbocycles. The van der Waals surface area contributed by atoms with Gasteiger partial charge in [-0.1, -0.05) is 5.16 Å². The Morgan fingerprint density at radius 2 is 1.85 bits per heavy atom. The van der Waals surface area contributed by atoms with Crippen molar-refractivity contribution in [2.45, 2.75) is 19.9 Å². The van der Waals surface area contributed by atoms with Crippen molar-refractivity contribution < 1.29 is 28.9 Å². The lowest BCUT2D eigenvalue weighted by molar-refractivity contribution is -0.384. The molecule has 10 nitrogen and oxygen atoms in total. The van der Waals surface area contributed by atoms with Gasteiger partial charge in [-0.05, 0) is 55.3 Å². The average Bonchev–Trinajstić information content (AvgIpc) is 3.34. The van der Waals surface area contributed by atoms with Crippen LogP contribution in [0.1, 0.15) is 28.5 Å². The van der Waals surface area contributed by atoms with Crippen molar-refractivity contribution >= 4 is 29.0 Å². The van der Waals surface area contributed by atoms with Crippen LogP contribution in [0.3, 0.4) is 0 Å². The number of ketones is 1. The Balaban J connectivity index is 1.92. The number of aliphatic hydroxyl groups excluding tert-OH is 1. The molecule has 1 saturated heterocycles. The zero-order chi connectivity index (χ0) is 23.9. The number of hydrogen-bond acceptors (Lipinski definition) is 8. The van der Waals surface area contributed by atoms with Crippen LogP contribution in [-0.2, 0) is 9.59 Å². The van der Waals surface area contributed by atoms with Gasteiger partial charge in [-0.3, -0.25) is 24.6 Å². The molecule has 1 amide bonds. The van der Waals surface area contributed by atoms with E-state index in [9.17, 15) is 24.8 Å². The number of rotatable bonds is 5. The molecule has 0 radical (unpaired) electrons. The van der Waals surface area contributed by atoms with Gasteiger partial charge in [0.05, 0.1) is 23.6 Å². The van der Waals surface area contributed by atoms with Crippen molar-refractivity contribution in [1.82, 2.24) is 5.16 Å². The molecule has 2 heterocycles. The summed E-state index contributed by atoms with van der Waals surface area (Å²) in [6, 6.07) is 10.7. The number of nitrogens with zero attached hydrogens (tertiary/aromatic N) is 3. The second-order valence-electron chi connectivity index (χ2n) is 7.50. The SMILES string of the molecule is COc1ccc(/C(O)=C2\C(=O)C(=O)N(c3cc(C)on3)[C@H]2c2ccc([N+](=O)[O-])cc2)cc1C. The quantitative estimate of drug-likeness (QED) is 0.204. The van der Waals surface area contributed by atoms with E-state index in [1.165, 1.54) is 37.4 Å². The molecule has 0 spiro atoms. The molecule has 1 atom stereocenters. The number of aliphatic hydroxyl groups is 1. The minimum Gasteiger partial charge on any atom is -0.507 e. The third-order valence-corrected chi connectivity index (χ3v) is 5.39. The molecule has 1 aliphatic heterocycles. The monoisotopic (exact) mass is 449 g/mol. The summed E-state index contributed by atoms with van der Waals surface area (Å²) in [5, 5.41) is 26.1. The lowest BCUT2D eigenvalue weighted by atomic mass is 9.94. The van der Waals surface area contributed by atoms with Gasteiger partial charge in [0.15, 0.2) is 5.82 Å². The smallest absolute Gasteiger partial charge is 0.301 e. The fraction of sp³-hybridized carbons (Fsp3) is 0.174. The number of carbonyl (C=O) groups excluding carboxylic acids is 2. The minimum atomic E-state index is -1.07. The van der Waals surface area contributed by atoms with Crippen molar-refractivity contribution in [3.05, 3.63) is 86.7 Å². The van der Waals surface area contributed by atoms with Crippen LogP contribution in [-0.4, -0.2) is 34.0 Å². The van der Waals surface area contributed by atoms with Crippen LogP contribution in [0.5, 0.6) is 5.75 Å². The van der Waals surface area contributed by atoms with E-state index in [0.29, 0.717) is 22.6 Å². The number of non-ortho nitro benzene ring substituents is 1. The van der Waals surface area contributed by atoms with Crippen LogP contribution >= 0.6 is 0 Å². The van der Waals surface area contributed by atoms with E-state index in [-0.39, 0.29) is 22.8 Å². The van der Waals surface area contributed by atoms with Gasteiger partial charge < -0.3 is 14.4 Å². The normalized spacial score (nSPS) is 17.4. The van der Waals surface area contributed by atoms with E-state index in [1.807, 2.05) is 0 Å². The van der Waals surface area contributed by atoms with Crippen LogP contribution in [0, 0.1) is 24.0 Å². The van der Waals surface area contributed by atoms with Crippen molar-refractivity contribution in [2.24, 2.45) is 0 Å². The number of aromatic nitrogens is 1. The molecule has 33 heavy (non-hydrogen) atoms. The Bertz CT molecular complexity index is 1310. The van der Waals surface area contributed by atoms with Crippen molar-refractivity contribution in [1.29, 1.82) is 0 Å². The summed E-state index contributed by atoms with van der Waals surface area (Å²) in [6.07, 6.45) is 0. The number of nitro benzene ring substituents is 1. The van der Waals surface area contributed by atoms with Crippen LogP contribution in [0.15, 0.2) is 58.6 Å². The third kappa shape index (κ3) is 3.71. The molecule has 0 aliphatic carbocycles. The summed E-state index contributed by atoms with van der Waals surface area (Å²) in [6.45, 7) is 3.41. The fourth-order valence-corrected chi connectivity index (χ4v) is 3.81. The molecule has 4 rings (SSSR count). The van der Waals surface area contributed by atoms with Gasteiger partial charge in [0.1, 0.15) is 17.3 Å². The molecule has 3 aromatic rings. The standard InChI is InChI=1S/C23H19N3O7/c1-12-10-15(6-9-17(12)32-3)21(27)19-20(14-4-7-16(8-5-14)26(30)31)25(23(29)22(19)28)18-11-13(2)33-24-18/h4-11,20,27H,1-3H3/b21-19+/t20-/m0/s1. The number of methoxy groups -OCH3 is 1. The number of anilines is 1. The van der Waals surface area contributed by atoms with Crippen LogP contribution in [0.2, 0.25) is 0 Å². The Morgan fingerprint density at radius 1 is 1.15 bits per heavy atom. The predicted molar refractivity (Wildman–Crippen MR) is 117 cm³/mol. The highest BCUT2D eigenvalue weighted by Gasteiger charge is 2.48. The summed E-state index contributed by atoms with van der Waals surface area (Å²) in [5.41, 5.74) is 1.09. The van der Waals surface area contributed by atoms with Crippen molar-refractivity contribution in [3.63, 3.8) is 0 Å². The molecule has 0 unspecified atom stereocenters. The number of nitro groups is 1. The summed E-state index contributed by atoms with van der Waals surface area (Å²) in [7, 11) is 1.52. The number of amides is 1. The van der Waals surface area contributed by atoms with Gasteiger partial charge >= 0.3 is 5.91 Å². The molecular weight excluding hydrogens is 430 g/mol. The maximum atomic E-state index is 13.1. The van der Waals surface area contributed by atoms with Crippen LogP contribution in [0.4, 0.5) is 11.5 Å². The lowest BCUT2D eigenvalue weighted by Crippen LogP contribution is -2.29. The minimum absolute atomic E-state index is 0.0860. The number of benzene rings is 2. The van der Waals surface area contributed by atoms with E-state index >= 15 is 0 Å². The maximum Gasteiger partial charge on any atom is 0.301 e. The van der Waals surface area contributed by atoms with Gasteiger partial charge in [-0.25, -0.2) is 0 Å². The Labute approximate surface area is 187 Å². The highest BCUT2D eigenvalue weighted by molar-refractivity contribution is 6.51. The van der Waals surface area contributed by atoms with Gasteiger partial charge in [-0.2, -0.15) is 0 Å². The van der Waals surface area contributed by atoms with E-state index in [2.05, 4.69) is 5.16 Å². The molecule has 1 aromatic heterocycles. The first-order valence-corrected chi connectivity index (χ1v) is 9.86. The van der Waals surface area contributed by atoms with Gasteiger partial charge in [0.25, 0.3) is 11.5 Å². The first-order chi connectivity index (χ1) is 15.7. The second kappa shape index (κ2) is 8.23. The summed E-state index contributed by atoms with van der Waals surface area (Å²) in [5.74, 6) is -1.10. The molecule has 1 fully saturated rings. The third-order valence-electron chi connectivity index (χ3n) is 5.39. The number of ether oxygens (including phenoxy) is 1. The van der Waals surface area contributed by atoms with E-state index in [4.69, 9.17) is 9.26 Å². The zero-order valence-corrected chi connectivity index (χ0v) is 17.9. The summed E-state index contributed by atoms with van der Waals surface area (Å²) in [4.78, 5) is 37.7. The van der Waals surface area contributed by atoms with Gasteiger partial charge in [0.2, 0.25) is 0 Å². The molecule has 0 bridgehead atoms. The average molecular weight is 449 g/mol. The van der Waals surface area contributed by atoms with E-state index in [1.54, 1.807) is 32.0 Å². The highest BCUT2D eigenvalue weighted by atomic mass is 16.6. The Kier molecular flexibility index (Phi) is 5.42. The Hall–Kier alpha value is -4.47. The number of hydrogen-bond donors (Lipinski definition) is 1. The number of aryl methyl sites for hydroxylation is 2. The molecule has 10 heteroatoms. The fourth-order valence-electron chi connectivity index (χ4n) is 3.81. The molecular formula is C23H19N3O7. The predicted octanol–water partition coefficient (Wildman–Crippen LogP) is 3.83. The van der Waals surface area contributed by atoms with E-state index in [0.717, 1.165) is 10.5 Å². The maximum absolute atomic E-state index is 13.1. The van der Waals surface area contributed by atoms with Crippen LogP contribution < -0.4 is 9.64 Å². The molecule has 0 saturated carbocycles. The first-order valence-electron chi connectivity index (χ1n) is 9.86.